The third-order valence-electron chi connectivity index (χ3n) is 3.69. The van der Waals surface area contributed by atoms with Crippen LogP contribution in [0.2, 0.25) is 0 Å². The summed E-state index contributed by atoms with van der Waals surface area (Å²) < 4.78 is 60.4. The number of hydrogen-bond donors (Lipinski definition) is 2. The van der Waals surface area contributed by atoms with E-state index in [1.807, 2.05) is 0 Å². The second-order valence-electron chi connectivity index (χ2n) is 5.74. The summed E-state index contributed by atoms with van der Waals surface area (Å²) in [7, 11) is -4.71. The van der Waals surface area contributed by atoms with Gasteiger partial charge in [0.2, 0.25) is 15.7 Å². The molecule has 0 atom stereocenters. The first kappa shape index (κ1) is 21.4. The van der Waals surface area contributed by atoms with Crippen LogP contribution in [-0.2, 0) is 21.1 Å². The second kappa shape index (κ2) is 9.36. The largest absolute Gasteiger partial charge is 0.354 e. The Morgan fingerprint density at radius 2 is 1.46 bits per heavy atom. The molecule has 0 aliphatic carbocycles. The molecule has 0 fully saturated rings. The maximum absolute atomic E-state index is 12.8. The SMILES string of the molecule is O=C(Cc1ccc(F)cc1)NCCNC(=O)c1ccc(S(=O)(=O)C(F)F)cc1. The van der Waals surface area contributed by atoms with Crippen LogP contribution >= 0.6 is 0 Å². The number of amides is 2. The molecule has 0 aliphatic rings. The quantitative estimate of drug-likeness (QED) is 0.646. The van der Waals surface area contributed by atoms with Gasteiger partial charge < -0.3 is 10.6 Å². The third-order valence-corrected chi connectivity index (χ3v) is 5.09. The maximum Gasteiger partial charge on any atom is 0.341 e. The Balaban J connectivity index is 1.78. The van der Waals surface area contributed by atoms with E-state index < -0.39 is 32.2 Å². The van der Waals surface area contributed by atoms with Gasteiger partial charge in [-0.2, -0.15) is 8.78 Å². The van der Waals surface area contributed by atoms with Gasteiger partial charge in [-0.25, -0.2) is 12.8 Å². The number of rotatable bonds is 8. The fourth-order valence-electron chi connectivity index (χ4n) is 2.23. The van der Waals surface area contributed by atoms with Gasteiger partial charge >= 0.3 is 5.76 Å². The zero-order valence-corrected chi connectivity index (χ0v) is 15.3. The van der Waals surface area contributed by atoms with Gasteiger partial charge in [-0.05, 0) is 42.0 Å². The molecule has 0 aromatic heterocycles. The van der Waals surface area contributed by atoms with Crippen LogP contribution in [0.25, 0.3) is 0 Å². The molecule has 0 saturated heterocycles. The van der Waals surface area contributed by atoms with Crippen LogP contribution < -0.4 is 10.6 Å². The molecule has 2 aromatic carbocycles. The highest BCUT2D eigenvalue weighted by Gasteiger charge is 2.26. The van der Waals surface area contributed by atoms with Crippen molar-refractivity contribution in [2.45, 2.75) is 17.1 Å². The van der Waals surface area contributed by atoms with Crippen LogP contribution in [0.3, 0.4) is 0 Å². The van der Waals surface area contributed by atoms with Crippen LogP contribution in [0.4, 0.5) is 13.2 Å². The lowest BCUT2D eigenvalue weighted by molar-refractivity contribution is -0.120. The first-order chi connectivity index (χ1) is 13.2. The summed E-state index contributed by atoms with van der Waals surface area (Å²) in [5.74, 6) is -4.78. The Hall–Kier alpha value is -2.88. The van der Waals surface area contributed by atoms with Crippen molar-refractivity contribution in [3.8, 4) is 0 Å². The van der Waals surface area contributed by atoms with Gasteiger partial charge in [-0.1, -0.05) is 12.1 Å². The number of nitrogens with one attached hydrogen (secondary N) is 2. The standard InChI is InChI=1S/C18H17F3N2O4S/c19-14-5-1-12(2-6-14)11-16(24)22-9-10-23-17(25)13-3-7-15(8-4-13)28(26,27)18(20)21/h1-8,18H,9-11H2,(H,22,24)(H,23,25). The Morgan fingerprint density at radius 3 is 2.04 bits per heavy atom. The Bertz CT molecular complexity index is 930. The molecular weight excluding hydrogens is 397 g/mol. The molecule has 2 amide bonds. The number of benzene rings is 2. The molecule has 0 saturated carbocycles. The summed E-state index contributed by atoms with van der Waals surface area (Å²) in [6, 6.07) is 9.60. The summed E-state index contributed by atoms with van der Waals surface area (Å²) in [6.45, 7) is 0.245. The highest BCUT2D eigenvalue weighted by Crippen LogP contribution is 2.18. The molecule has 2 N–H and O–H groups in total. The molecule has 2 rings (SSSR count). The number of hydrogen-bond acceptors (Lipinski definition) is 4. The van der Waals surface area contributed by atoms with E-state index in [9.17, 15) is 31.2 Å². The fourth-order valence-corrected chi connectivity index (χ4v) is 2.95. The number of carbonyl (C=O) groups is 2. The number of alkyl halides is 2. The van der Waals surface area contributed by atoms with Crippen molar-refractivity contribution in [2.75, 3.05) is 13.1 Å². The van der Waals surface area contributed by atoms with Gasteiger partial charge in [-0.3, -0.25) is 9.59 Å². The number of sulfone groups is 1. The van der Waals surface area contributed by atoms with E-state index in [1.165, 1.54) is 24.3 Å². The molecular formula is C18H17F3N2O4S. The van der Waals surface area contributed by atoms with Crippen LogP contribution in [-0.4, -0.2) is 39.1 Å². The van der Waals surface area contributed by atoms with Crippen molar-refractivity contribution >= 4 is 21.7 Å². The maximum atomic E-state index is 12.8. The highest BCUT2D eigenvalue weighted by molar-refractivity contribution is 7.91. The third kappa shape index (κ3) is 5.81. The number of carbonyl (C=O) groups excluding carboxylic acids is 2. The van der Waals surface area contributed by atoms with E-state index in [0.717, 1.165) is 24.3 Å². The van der Waals surface area contributed by atoms with Gasteiger partial charge in [-0.15, -0.1) is 0 Å². The van der Waals surface area contributed by atoms with Crippen LogP contribution in [0, 0.1) is 5.82 Å². The molecule has 10 heteroatoms. The predicted octanol–water partition coefficient (Wildman–Crippen LogP) is 1.91. The van der Waals surface area contributed by atoms with Gasteiger partial charge in [0.15, 0.2) is 0 Å². The molecule has 28 heavy (non-hydrogen) atoms. The van der Waals surface area contributed by atoms with E-state index in [-0.39, 0.29) is 31.0 Å². The minimum atomic E-state index is -4.71. The topological polar surface area (TPSA) is 92.3 Å². The zero-order chi connectivity index (χ0) is 20.7. The minimum Gasteiger partial charge on any atom is -0.354 e. The monoisotopic (exact) mass is 414 g/mol. The normalized spacial score (nSPS) is 11.3. The van der Waals surface area contributed by atoms with Crippen molar-refractivity contribution in [1.29, 1.82) is 0 Å². The first-order valence-electron chi connectivity index (χ1n) is 8.11. The zero-order valence-electron chi connectivity index (χ0n) is 14.5. The molecule has 2 aromatic rings. The molecule has 6 nitrogen and oxygen atoms in total. The van der Waals surface area contributed by atoms with Crippen LogP contribution in [0.5, 0.6) is 0 Å². The van der Waals surface area contributed by atoms with Crippen molar-refractivity contribution in [3.05, 3.63) is 65.5 Å². The summed E-state index contributed by atoms with van der Waals surface area (Å²) in [6.07, 6.45) is 0.0638. The Kier molecular flexibility index (Phi) is 7.16. The van der Waals surface area contributed by atoms with E-state index in [0.29, 0.717) is 5.56 Å². The van der Waals surface area contributed by atoms with E-state index >= 15 is 0 Å². The van der Waals surface area contributed by atoms with Gasteiger partial charge in [0, 0.05) is 18.7 Å². The molecule has 0 aliphatic heterocycles. The first-order valence-corrected chi connectivity index (χ1v) is 9.66. The lowest BCUT2D eigenvalue weighted by Crippen LogP contribution is -2.35. The lowest BCUT2D eigenvalue weighted by Gasteiger charge is -2.08. The van der Waals surface area contributed by atoms with Crippen molar-refractivity contribution in [1.82, 2.24) is 10.6 Å². The molecule has 0 bridgehead atoms. The summed E-state index contributed by atoms with van der Waals surface area (Å²) in [5, 5.41) is 5.09. The summed E-state index contributed by atoms with van der Waals surface area (Å²) in [4.78, 5) is 23.1. The van der Waals surface area contributed by atoms with Gasteiger partial charge in [0.25, 0.3) is 5.91 Å². The van der Waals surface area contributed by atoms with Crippen LogP contribution in [0.1, 0.15) is 15.9 Å². The summed E-state index contributed by atoms with van der Waals surface area (Å²) >= 11 is 0. The van der Waals surface area contributed by atoms with Crippen molar-refractivity contribution in [2.24, 2.45) is 0 Å². The smallest absolute Gasteiger partial charge is 0.341 e. The molecule has 150 valence electrons. The van der Waals surface area contributed by atoms with E-state index in [2.05, 4.69) is 10.6 Å². The molecule has 0 spiro atoms. The van der Waals surface area contributed by atoms with Crippen molar-refractivity contribution in [3.63, 3.8) is 0 Å². The second-order valence-corrected chi connectivity index (χ2v) is 7.66. The predicted molar refractivity (Wildman–Crippen MR) is 95.1 cm³/mol. The highest BCUT2D eigenvalue weighted by atomic mass is 32.2. The lowest BCUT2D eigenvalue weighted by atomic mass is 10.1. The van der Waals surface area contributed by atoms with E-state index in [1.54, 1.807) is 0 Å². The van der Waals surface area contributed by atoms with Gasteiger partial charge in [0.05, 0.1) is 11.3 Å². The van der Waals surface area contributed by atoms with Crippen LogP contribution in [0.15, 0.2) is 53.4 Å². The molecule has 0 radical (unpaired) electrons. The summed E-state index contributed by atoms with van der Waals surface area (Å²) in [5.41, 5.74) is 0.729. The fraction of sp³-hybridized carbons (Fsp3) is 0.222. The molecule has 0 unspecified atom stereocenters. The minimum absolute atomic E-state index is 0.0638. The Labute approximate surface area is 159 Å². The number of halogens is 3. The Morgan fingerprint density at radius 1 is 0.893 bits per heavy atom. The van der Waals surface area contributed by atoms with Gasteiger partial charge in [0.1, 0.15) is 5.82 Å². The molecule has 0 heterocycles. The van der Waals surface area contributed by atoms with Crippen molar-refractivity contribution < 1.29 is 31.2 Å². The average Bonchev–Trinajstić information content (AvgIpc) is 2.67. The van der Waals surface area contributed by atoms with E-state index in [4.69, 9.17) is 0 Å². The average molecular weight is 414 g/mol.